The van der Waals surface area contributed by atoms with Crippen molar-refractivity contribution in [3.63, 3.8) is 0 Å². The van der Waals surface area contributed by atoms with Crippen LogP contribution in [0.5, 0.6) is 0 Å². The van der Waals surface area contributed by atoms with Crippen LogP contribution < -0.4 is 0 Å². The molecule has 1 N–H and O–H groups in total. The van der Waals surface area contributed by atoms with E-state index in [0.29, 0.717) is 0 Å². The maximum Gasteiger partial charge on any atom is 0.251 e. The maximum atomic E-state index is 12.0. The van der Waals surface area contributed by atoms with Crippen molar-refractivity contribution in [3.8, 4) is 0 Å². The summed E-state index contributed by atoms with van der Waals surface area (Å²) in [5, 5.41) is 8.60. The lowest BCUT2D eigenvalue weighted by Gasteiger charge is -2.20. The van der Waals surface area contributed by atoms with Gasteiger partial charge in [0.15, 0.2) is 9.84 Å². The average molecular weight is 245 g/mol. The lowest BCUT2D eigenvalue weighted by Crippen LogP contribution is -2.35. The van der Waals surface area contributed by atoms with Crippen LogP contribution in [-0.2, 0) is 9.84 Å². The Labute approximate surface area is 88.8 Å². The third-order valence-electron chi connectivity index (χ3n) is 1.97. The first kappa shape index (κ1) is 14.7. The van der Waals surface area contributed by atoms with Gasteiger partial charge in [-0.15, -0.1) is 0 Å². The summed E-state index contributed by atoms with van der Waals surface area (Å²) < 4.78 is 46.3. The van der Waals surface area contributed by atoms with Crippen LogP contribution in [0.1, 0.15) is 6.92 Å². The number of aliphatic hydroxyl groups excluding tert-OH is 1. The molecule has 0 rings (SSSR count). The molecular weight excluding hydrogens is 228 g/mol. The van der Waals surface area contributed by atoms with Crippen molar-refractivity contribution in [3.05, 3.63) is 0 Å². The molecule has 0 aliphatic heterocycles. The largest absolute Gasteiger partial charge is 0.395 e. The van der Waals surface area contributed by atoms with E-state index < -0.39 is 22.8 Å². The van der Waals surface area contributed by atoms with Crippen LogP contribution in [0.25, 0.3) is 0 Å². The van der Waals surface area contributed by atoms with Crippen molar-refractivity contribution in [1.82, 2.24) is 4.90 Å². The molecule has 0 aromatic carbocycles. The number of hydrogen-bond donors (Lipinski definition) is 1. The second-order valence-corrected chi connectivity index (χ2v) is 5.62. The Bertz CT molecular complexity index is 257. The molecule has 0 unspecified atom stereocenters. The Morgan fingerprint density at radius 3 is 2.33 bits per heavy atom. The Morgan fingerprint density at radius 2 is 1.93 bits per heavy atom. The number of halogens is 2. The SMILES string of the molecule is CCS(=O)(=O)CCN(CCO)CC(F)F. The van der Waals surface area contributed by atoms with Gasteiger partial charge in [-0.3, -0.25) is 4.90 Å². The Hall–Kier alpha value is -0.270. The summed E-state index contributed by atoms with van der Waals surface area (Å²) in [4.78, 5) is 1.25. The molecule has 4 nitrogen and oxygen atoms in total. The summed E-state index contributed by atoms with van der Waals surface area (Å²) in [6.45, 7) is 0.877. The van der Waals surface area contributed by atoms with E-state index >= 15 is 0 Å². The first-order chi connectivity index (χ1) is 6.91. The zero-order valence-corrected chi connectivity index (χ0v) is 9.51. The van der Waals surface area contributed by atoms with Gasteiger partial charge in [0.1, 0.15) is 0 Å². The Balaban J connectivity index is 4.06. The van der Waals surface area contributed by atoms with Crippen molar-refractivity contribution >= 4 is 9.84 Å². The van der Waals surface area contributed by atoms with Gasteiger partial charge >= 0.3 is 0 Å². The minimum atomic E-state index is -3.14. The minimum Gasteiger partial charge on any atom is -0.395 e. The van der Waals surface area contributed by atoms with Crippen LogP contribution in [-0.4, -0.2) is 62.6 Å². The predicted molar refractivity (Wildman–Crippen MR) is 53.9 cm³/mol. The molecule has 0 aliphatic rings. The highest BCUT2D eigenvalue weighted by molar-refractivity contribution is 7.91. The standard InChI is InChI=1S/C8H17F2NO3S/c1-2-15(13,14)6-4-11(3-5-12)7-8(9)10/h8,12H,2-7H2,1H3. The smallest absolute Gasteiger partial charge is 0.251 e. The van der Waals surface area contributed by atoms with Crippen molar-refractivity contribution in [2.24, 2.45) is 0 Å². The fraction of sp³-hybridized carbons (Fsp3) is 1.00. The zero-order chi connectivity index (χ0) is 11.9. The number of rotatable bonds is 8. The van der Waals surface area contributed by atoms with Gasteiger partial charge < -0.3 is 5.11 Å². The fourth-order valence-corrected chi connectivity index (χ4v) is 1.87. The predicted octanol–water partition coefficient (Wildman–Crippen LogP) is -0.0195. The maximum absolute atomic E-state index is 12.0. The highest BCUT2D eigenvalue weighted by Gasteiger charge is 2.15. The van der Waals surface area contributed by atoms with E-state index in [1.54, 1.807) is 0 Å². The molecule has 0 amide bonds. The molecule has 15 heavy (non-hydrogen) atoms. The topological polar surface area (TPSA) is 57.6 Å². The Morgan fingerprint density at radius 1 is 1.33 bits per heavy atom. The third kappa shape index (κ3) is 7.64. The molecule has 0 spiro atoms. The summed E-state index contributed by atoms with van der Waals surface area (Å²) in [6, 6.07) is 0. The first-order valence-corrected chi connectivity index (χ1v) is 6.55. The summed E-state index contributed by atoms with van der Waals surface area (Å²) in [6.07, 6.45) is -2.51. The van der Waals surface area contributed by atoms with Gasteiger partial charge in [0.25, 0.3) is 6.43 Å². The van der Waals surface area contributed by atoms with Gasteiger partial charge in [-0.2, -0.15) is 0 Å². The summed E-state index contributed by atoms with van der Waals surface area (Å²) in [5.74, 6) is -0.134. The fourth-order valence-electron chi connectivity index (χ4n) is 1.04. The number of hydrogen-bond acceptors (Lipinski definition) is 4. The second kappa shape index (κ2) is 7.08. The molecule has 0 saturated carbocycles. The first-order valence-electron chi connectivity index (χ1n) is 4.73. The molecule has 0 saturated heterocycles. The van der Waals surface area contributed by atoms with Crippen LogP contribution in [0.4, 0.5) is 8.78 Å². The zero-order valence-electron chi connectivity index (χ0n) is 8.70. The van der Waals surface area contributed by atoms with Crippen molar-refractivity contribution in [2.75, 3.05) is 37.7 Å². The molecule has 7 heteroatoms. The Kier molecular flexibility index (Phi) is 6.95. The van der Waals surface area contributed by atoms with E-state index in [9.17, 15) is 17.2 Å². The van der Waals surface area contributed by atoms with Crippen molar-refractivity contribution in [1.29, 1.82) is 0 Å². The van der Waals surface area contributed by atoms with Crippen molar-refractivity contribution < 1.29 is 22.3 Å². The summed E-state index contributed by atoms with van der Waals surface area (Å²) in [7, 11) is -3.14. The molecule has 0 bridgehead atoms. The monoisotopic (exact) mass is 245 g/mol. The van der Waals surface area contributed by atoms with Gasteiger partial charge in [-0.1, -0.05) is 6.92 Å². The number of sulfone groups is 1. The molecule has 0 atom stereocenters. The van der Waals surface area contributed by atoms with Gasteiger partial charge in [-0.05, 0) is 0 Å². The van der Waals surface area contributed by atoms with Crippen LogP contribution in [0, 0.1) is 0 Å². The lowest BCUT2D eigenvalue weighted by molar-refractivity contribution is 0.0815. The van der Waals surface area contributed by atoms with Crippen LogP contribution in [0.15, 0.2) is 0 Å². The number of nitrogens with zero attached hydrogens (tertiary/aromatic N) is 1. The van der Waals surface area contributed by atoms with Crippen LogP contribution in [0.3, 0.4) is 0 Å². The third-order valence-corrected chi connectivity index (χ3v) is 3.66. The molecule has 92 valence electrons. The van der Waals surface area contributed by atoms with Crippen LogP contribution >= 0.6 is 0 Å². The van der Waals surface area contributed by atoms with Gasteiger partial charge in [0.05, 0.1) is 18.9 Å². The van der Waals surface area contributed by atoms with Crippen molar-refractivity contribution in [2.45, 2.75) is 13.3 Å². The van der Waals surface area contributed by atoms with E-state index in [2.05, 4.69) is 0 Å². The van der Waals surface area contributed by atoms with E-state index in [1.165, 1.54) is 11.8 Å². The minimum absolute atomic E-state index is 0.00857. The molecule has 0 aromatic rings. The summed E-state index contributed by atoms with van der Waals surface area (Å²) >= 11 is 0. The lowest BCUT2D eigenvalue weighted by atomic mass is 10.5. The van der Waals surface area contributed by atoms with E-state index in [4.69, 9.17) is 5.11 Å². The van der Waals surface area contributed by atoms with Gasteiger partial charge in [0, 0.05) is 18.8 Å². The average Bonchev–Trinajstić information content (AvgIpc) is 2.14. The number of alkyl halides is 2. The normalized spacial score (nSPS) is 12.7. The van der Waals surface area contributed by atoms with Gasteiger partial charge in [0.2, 0.25) is 0 Å². The molecule has 0 fully saturated rings. The van der Waals surface area contributed by atoms with Gasteiger partial charge in [-0.25, -0.2) is 17.2 Å². The highest BCUT2D eigenvalue weighted by Crippen LogP contribution is 1.99. The quantitative estimate of drug-likeness (QED) is 0.653. The highest BCUT2D eigenvalue weighted by atomic mass is 32.2. The molecule has 0 aliphatic carbocycles. The summed E-state index contributed by atoms with van der Waals surface area (Å²) in [5.41, 5.74) is 0. The molecular formula is C8H17F2NO3S. The second-order valence-electron chi connectivity index (χ2n) is 3.15. The van der Waals surface area contributed by atoms with E-state index in [-0.39, 0.29) is 31.2 Å². The molecule has 0 heterocycles. The van der Waals surface area contributed by atoms with Crippen LogP contribution in [0.2, 0.25) is 0 Å². The van der Waals surface area contributed by atoms with E-state index in [1.807, 2.05) is 0 Å². The van der Waals surface area contributed by atoms with E-state index in [0.717, 1.165) is 0 Å². The number of aliphatic hydroxyl groups is 1. The molecule has 0 radical (unpaired) electrons. The molecule has 0 aromatic heterocycles.